The van der Waals surface area contributed by atoms with Crippen molar-refractivity contribution in [3.05, 3.63) is 0 Å². The number of carbonyl (C=O) groups is 1. The molecule has 1 rings (SSSR count). The molecule has 0 aliphatic heterocycles. The molecule has 0 spiro atoms. The summed E-state index contributed by atoms with van der Waals surface area (Å²) in [6.45, 7) is 8.89. The summed E-state index contributed by atoms with van der Waals surface area (Å²) >= 11 is 0. The van der Waals surface area contributed by atoms with Gasteiger partial charge in [0.1, 0.15) is 0 Å². The molecule has 3 heteroatoms. The third kappa shape index (κ3) is 4.76. The van der Waals surface area contributed by atoms with Gasteiger partial charge in [0.15, 0.2) is 0 Å². The molecule has 0 radical (unpaired) electrons. The van der Waals surface area contributed by atoms with Crippen LogP contribution >= 0.6 is 0 Å². The van der Waals surface area contributed by atoms with Crippen LogP contribution in [-0.4, -0.2) is 12.7 Å². The van der Waals surface area contributed by atoms with Crippen molar-refractivity contribution in [2.45, 2.75) is 34.1 Å². The van der Waals surface area contributed by atoms with Crippen molar-refractivity contribution in [1.29, 1.82) is 0 Å². The summed E-state index contributed by atoms with van der Waals surface area (Å²) in [5.41, 5.74) is 4.83. The van der Waals surface area contributed by atoms with Gasteiger partial charge in [-0.3, -0.25) is 0 Å². The van der Waals surface area contributed by atoms with Gasteiger partial charge in [-0.05, 0) is 24.2 Å². The van der Waals surface area contributed by atoms with E-state index in [9.17, 15) is 4.79 Å². The first-order chi connectivity index (χ1) is 6.11. The first-order valence-electron chi connectivity index (χ1n) is 5.03. The topological polar surface area (TPSA) is 52.3 Å². The zero-order valence-corrected chi connectivity index (χ0v) is 9.04. The highest BCUT2D eigenvalue weighted by Crippen LogP contribution is 2.43. The number of carbonyl (C=O) groups excluding carboxylic acids is 1. The molecule has 1 saturated carbocycles. The lowest BCUT2D eigenvalue weighted by Gasteiger charge is -2.02. The van der Waals surface area contributed by atoms with E-state index in [1.807, 2.05) is 13.8 Å². The Balaban J connectivity index is 0. The number of primary amides is 1. The zero-order chi connectivity index (χ0) is 10.4. The average molecular weight is 189 g/mol. The van der Waals surface area contributed by atoms with E-state index in [0.29, 0.717) is 18.4 Å². The molecule has 3 nitrogen and oxygen atoms in total. The number of hydrogen-bond donors (Lipinski definition) is 1. The fourth-order valence-electron chi connectivity index (χ4n) is 1.47. The van der Waals surface area contributed by atoms with Gasteiger partial charge in [-0.25, -0.2) is 4.79 Å². The van der Waals surface area contributed by atoms with Gasteiger partial charge in [0.05, 0.1) is 6.61 Å². The summed E-state index contributed by atoms with van der Waals surface area (Å²) in [7, 11) is 0. The van der Waals surface area contributed by atoms with Crippen LogP contribution in [0, 0.1) is 17.8 Å². The van der Waals surface area contributed by atoms with E-state index in [1.165, 1.54) is 6.42 Å². The molecule has 1 aliphatic carbocycles. The lowest BCUT2D eigenvalue weighted by molar-refractivity contribution is 0.148. The summed E-state index contributed by atoms with van der Waals surface area (Å²) in [4.78, 5) is 10.2. The van der Waals surface area contributed by atoms with Crippen molar-refractivity contribution in [2.75, 3.05) is 6.61 Å². The van der Waals surface area contributed by atoms with Crippen LogP contribution in [0.25, 0.3) is 0 Å². The fourth-order valence-corrected chi connectivity index (χ4v) is 1.47. The minimum Gasteiger partial charge on any atom is -0.449 e. The minimum atomic E-state index is -0.653. The van der Waals surface area contributed by atoms with Gasteiger partial charge < -0.3 is 10.5 Å². The van der Waals surface area contributed by atoms with Gasteiger partial charge in [0.25, 0.3) is 0 Å². The number of rotatable bonds is 3. The largest absolute Gasteiger partial charge is 0.449 e. The maximum absolute atomic E-state index is 10.2. The van der Waals surface area contributed by atoms with Crippen LogP contribution in [0.2, 0.25) is 0 Å². The van der Waals surface area contributed by atoms with Crippen LogP contribution < -0.4 is 5.73 Å². The summed E-state index contributed by atoms with van der Waals surface area (Å²) in [6.07, 6.45) is 0.532. The minimum absolute atomic E-state index is 0. The Bertz CT molecular complexity index is 162. The Morgan fingerprint density at radius 2 is 2.15 bits per heavy atom. The maximum atomic E-state index is 10.2. The average Bonchev–Trinajstić information content (AvgIpc) is 2.83. The highest BCUT2D eigenvalue weighted by molar-refractivity contribution is 5.64. The third-order valence-electron chi connectivity index (χ3n) is 2.27. The molecule has 1 fully saturated rings. The zero-order valence-electron chi connectivity index (χ0n) is 9.04. The summed E-state index contributed by atoms with van der Waals surface area (Å²) < 4.78 is 4.69. The number of amides is 1. The van der Waals surface area contributed by atoms with Gasteiger partial charge in [0, 0.05) is 1.43 Å². The lowest BCUT2D eigenvalue weighted by Crippen LogP contribution is -2.15. The number of ether oxygens (including phenoxy) is 1. The van der Waals surface area contributed by atoms with E-state index in [0.717, 1.165) is 5.92 Å². The Morgan fingerprint density at radius 3 is 2.46 bits per heavy atom. The fraction of sp³-hybridized carbons (Fsp3) is 0.900. The van der Waals surface area contributed by atoms with Crippen molar-refractivity contribution in [2.24, 2.45) is 23.5 Å². The quantitative estimate of drug-likeness (QED) is 0.742. The van der Waals surface area contributed by atoms with E-state index in [-0.39, 0.29) is 1.43 Å². The highest BCUT2D eigenvalue weighted by Gasteiger charge is 2.39. The highest BCUT2D eigenvalue weighted by atomic mass is 16.5. The molecular formula is C10H23NO2. The molecular weight excluding hydrogens is 166 g/mol. The van der Waals surface area contributed by atoms with Crippen molar-refractivity contribution < 1.29 is 11.0 Å². The van der Waals surface area contributed by atoms with E-state index in [4.69, 9.17) is 5.73 Å². The molecule has 2 N–H and O–H groups in total. The molecule has 0 aromatic carbocycles. The molecule has 0 heterocycles. The molecule has 2 unspecified atom stereocenters. The van der Waals surface area contributed by atoms with E-state index < -0.39 is 6.09 Å². The Kier molecular flexibility index (Phi) is 5.51. The second-order valence-electron chi connectivity index (χ2n) is 3.53. The van der Waals surface area contributed by atoms with Crippen molar-refractivity contribution in [3.8, 4) is 0 Å². The Hall–Kier alpha value is -0.730. The molecule has 1 amide bonds. The molecule has 0 aromatic rings. The smallest absolute Gasteiger partial charge is 0.404 e. The monoisotopic (exact) mass is 189 g/mol. The van der Waals surface area contributed by atoms with Gasteiger partial charge in [0.2, 0.25) is 0 Å². The summed E-state index contributed by atoms with van der Waals surface area (Å²) in [5.74, 6) is 2.02. The predicted octanol–water partition coefficient (Wildman–Crippen LogP) is 2.65. The number of hydrogen-bond acceptors (Lipinski definition) is 2. The third-order valence-corrected chi connectivity index (χ3v) is 2.27. The van der Waals surface area contributed by atoms with Crippen molar-refractivity contribution in [3.63, 3.8) is 0 Å². The van der Waals surface area contributed by atoms with Gasteiger partial charge in [-0.15, -0.1) is 0 Å². The second kappa shape index (κ2) is 5.84. The predicted molar refractivity (Wildman–Crippen MR) is 55.4 cm³/mol. The van der Waals surface area contributed by atoms with Crippen LogP contribution in [0.3, 0.4) is 0 Å². The van der Waals surface area contributed by atoms with Crippen LogP contribution in [0.5, 0.6) is 0 Å². The molecule has 80 valence electrons. The van der Waals surface area contributed by atoms with E-state index >= 15 is 0 Å². The van der Waals surface area contributed by atoms with Crippen LogP contribution in [0.1, 0.15) is 35.5 Å². The summed E-state index contributed by atoms with van der Waals surface area (Å²) in [6, 6.07) is 0. The Labute approximate surface area is 82.1 Å². The molecule has 1 aliphatic rings. The van der Waals surface area contributed by atoms with Crippen LogP contribution in [-0.2, 0) is 4.74 Å². The molecule has 0 bridgehead atoms. The molecule has 0 saturated heterocycles. The molecule has 13 heavy (non-hydrogen) atoms. The SMILES string of the molecule is CC.CC(C)C1CC1COC(N)=O.[HH]. The normalized spacial score (nSPS) is 24.7. The molecule has 0 aromatic heterocycles. The van der Waals surface area contributed by atoms with E-state index in [1.54, 1.807) is 0 Å². The lowest BCUT2D eigenvalue weighted by atomic mass is 10.1. The standard InChI is InChI=1S/C8H15NO2.C2H6.H2/c1-5(2)7-3-6(7)4-11-8(9)10;1-2;/h5-7H,3-4H2,1-2H3,(H2,9,10);1-2H3;1H. The van der Waals surface area contributed by atoms with Crippen molar-refractivity contribution >= 4 is 6.09 Å². The molecule has 2 atom stereocenters. The second-order valence-corrected chi connectivity index (χ2v) is 3.53. The van der Waals surface area contributed by atoms with Gasteiger partial charge in [-0.1, -0.05) is 27.7 Å². The summed E-state index contributed by atoms with van der Waals surface area (Å²) in [5, 5.41) is 0. The maximum Gasteiger partial charge on any atom is 0.404 e. The first-order valence-corrected chi connectivity index (χ1v) is 5.03. The van der Waals surface area contributed by atoms with Gasteiger partial charge >= 0.3 is 6.09 Å². The Morgan fingerprint density at radius 1 is 1.62 bits per heavy atom. The van der Waals surface area contributed by atoms with Gasteiger partial charge in [-0.2, -0.15) is 0 Å². The van der Waals surface area contributed by atoms with Crippen LogP contribution in [0.4, 0.5) is 4.79 Å². The van der Waals surface area contributed by atoms with E-state index in [2.05, 4.69) is 18.6 Å². The van der Waals surface area contributed by atoms with Crippen molar-refractivity contribution in [1.82, 2.24) is 0 Å². The van der Waals surface area contributed by atoms with Crippen LogP contribution in [0.15, 0.2) is 0 Å². The number of nitrogens with two attached hydrogens (primary N) is 1. The first kappa shape index (κ1) is 12.3.